The maximum Gasteiger partial charge on any atom is 0.255 e. The van der Waals surface area contributed by atoms with Gasteiger partial charge < -0.3 is 5.73 Å². The Morgan fingerprint density at radius 3 is 2.65 bits per heavy atom. The molecule has 5 nitrogen and oxygen atoms in total. The zero-order valence-electron chi connectivity index (χ0n) is 10.8. The van der Waals surface area contributed by atoms with Crippen LogP contribution in [0.1, 0.15) is 43.5 Å². The molecule has 17 heavy (non-hydrogen) atoms. The maximum atomic E-state index is 6.16. The van der Waals surface area contributed by atoms with Crippen molar-refractivity contribution in [3.8, 4) is 0 Å². The lowest BCUT2D eigenvalue weighted by atomic mass is 10.0. The predicted octanol–water partition coefficient (Wildman–Crippen LogP) is 1.79. The highest BCUT2D eigenvalue weighted by atomic mass is 15.3. The van der Waals surface area contributed by atoms with Gasteiger partial charge in [-0.05, 0) is 32.3 Å². The minimum absolute atomic E-state index is 0.0896. The molecule has 0 aliphatic heterocycles. The summed E-state index contributed by atoms with van der Waals surface area (Å²) in [6.07, 6.45) is 0.897. The van der Waals surface area contributed by atoms with E-state index >= 15 is 0 Å². The van der Waals surface area contributed by atoms with Crippen molar-refractivity contribution in [1.29, 1.82) is 0 Å². The summed E-state index contributed by atoms with van der Waals surface area (Å²) in [4.78, 5) is 4.35. The lowest BCUT2D eigenvalue weighted by Crippen LogP contribution is -2.17. The monoisotopic (exact) mass is 233 g/mol. The molecule has 0 aromatic carbocycles. The number of hydrogen-bond acceptors (Lipinski definition) is 4. The first-order valence-corrected chi connectivity index (χ1v) is 5.94. The summed E-state index contributed by atoms with van der Waals surface area (Å²) in [7, 11) is 0. The van der Waals surface area contributed by atoms with Gasteiger partial charge in [0.05, 0.1) is 6.04 Å². The van der Waals surface area contributed by atoms with E-state index in [4.69, 9.17) is 5.73 Å². The molecule has 0 aliphatic rings. The Bertz CT molecular complexity index is 529. The van der Waals surface area contributed by atoms with Crippen molar-refractivity contribution in [3.63, 3.8) is 0 Å². The van der Waals surface area contributed by atoms with Gasteiger partial charge >= 0.3 is 0 Å². The highest BCUT2D eigenvalue weighted by Crippen LogP contribution is 2.18. The molecule has 2 aromatic heterocycles. The Morgan fingerprint density at radius 2 is 2.00 bits per heavy atom. The molecule has 0 fully saturated rings. The Labute approximate surface area is 101 Å². The third-order valence-electron chi connectivity index (χ3n) is 2.77. The molecule has 2 N–H and O–H groups in total. The number of fused-ring (bicyclic) bond motifs is 1. The fourth-order valence-corrected chi connectivity index (χ4v) is 2.11. The zero-order chi connectivity index (χ0) is 12.6. The quantitative estimate of drug-likeness (QED) is 0.877. The summed E-state index contributed by atoms with van der Waals surface area (Å²) in [5.41, 5.74) is 8.19. The van der Waals surface area contributed by atoms with E-state index in [1.165, 1.54) is 0 Å². The first-order chi connectivity index (χ1) is 7.99. The molecule has 0 unspecified atom stereocenters. The second-order valence-electron chi connectivity index (χ2n) is 4.97. The van der Waals surface area contributed by atoms with Crippen LogP contribution in [0.4, 0.5) is 0 Å². The number of nitrogens with two attached hydrogens (primary N) is 1. The fourth-order valence-electron chi connectivity index (χ4n) is 2.11. The molecule has 0 spiro atoms. The molecule has 5 heteroatoms. The first-order valence-electron chi connectivity index (χ1n) is 5.94. The van der Waals surface area contributed by atoms with Gasteiger partial charge in [0.2, 0.25) is 0 Å². The van der Waals surface area contributed by atoms with Crippen molar-refractivity contribution in [2.75, 3.05) is 0 Å². The van der Waals surface area contributed by atoms with E-state index in [-0.39, 0.29) is 6.04 Å². The van der Waals surface area contributed by atoms with E-state index in [1.54, 1.807) is 0 Å². The summed E-state index contributed by atoms with van der Waals surface area (Å²) in [6, 6.07) is 1.93. The molecule has 0 amide bonds. The lowest BCUT2D eigenvalue weighted by molar-refractivity contribution is 0.489. The van der Waals surface area contributed by atoms with Crippen LogP contribution in [0.5, 0.6) is 0 Å². The highest BCUT2D eigenvalue weighted by molar-refractivity contribution is 5.33. The fraction of sp³-hybridized carbons (Fsp3) is 0.583. The molecule has 0 radical (unpaired) electrons. The van der Waals surface area contributed by atoms with E-state index in [0.717, 1.165) is 23.6 Å². The molecular formula is C12H19N5. The molecule has 2 rings (SSSR count). The van der Waals surface area contributed by atoms with E-state index in [2.05, 4.69) is 29.0 Å². The van der Waals surface area contributed by atoms with Crippen molar-refractivity contribution in [1.82, 2.24) is 19.6 Å². The van der Waals surface area contributed by atoms with Crippen LogP contribution in [0.15, 0.2) is 6.07 Å². The Kier molecular flexibility index (Phi) is 3.11. The van der Waals surface area contributed by atoms with Crippen LogP contribution in [-0.4, -0.2) is 19.6 Å². The SMILES string of the molecule is Cc1cc(C)n2c([C@@H](N)CC(C)C)nnc2n1. The number of hydrogen-bond donors (Lipinski definition) is 1. The average molecular weight is 233 g/mol. The van der Waals surface area contributed by atoms with E-state index < -0.39 is 0 Å². The molecule has 2 heterocycles. The van der Waals surface area contributed by atoms with Crippen LogP contribution in [0.3, 0.4) is 0 Å². The second-order valence-corrected chi connectivity index (χ2v) is 4.97. The summed E-state index contributed by atoms with van der Waals surface area (Å²) in [5.74, 6) is 1.98. The van der Waals surface area contributed by atoms with E-state index in [1.807, 2.05) is 24.3 Å². The van der Waals surface area contributed by atoms with Crippen LogP contribution in [0.25, 0.3) is 5.78 Å². The summed E-state index contributed by atoms with van der Waals surface area (Å²) in [6.45, 7) is 8.28. The van der Waals surface area contributed by atoms with Gasteiger partial charge in [-0.2, -0.15) is 0 Å². The van der Waals surface area contributed by atoms with Crippen LogP contribution in [0, 0.1) is 19.8 Å². The van der Waals surface area contributed by atoms with Crippen LogP contribution >= 0.6 is 0 Å². The standard InChI is InChI=1S/C12H19N5/c1-7(2)5-10(13)11-15-16-12-14-8(3)6-9(4)17(11)12/h6-7,10H,5,13H2,1-4H3/t10-/m0/s1. The van der Waals surface area contributed by atoms with Crippen LogP contribution < -0.4 is 5.73 Å². The first kappa shape index (κ1) is 12.0. The van der Waals surface area contributed by atoms with Gasteiger partial charge in [-0.3, -0.25) is 4.40 Å². The maximum absolute atomic E-state index is 6.16. The number of rotatable bonds is 3. The molecule has 0 saturated heterocycles. The average Bonchev–Trinajstić information content (AvgIpc) is 2.59. The smallest absolute Gasteiger partial charge is 0.255 e. The largest absolute Gasteiger partial charge is 0.321 e. The van der Waals surface area contributed by atoms with Gasteiger partial charge in [0.25, 0.3) is 5.78 Å². The van der Waals surface area contributed by atoms with Crippen molar-refractivity contribution < 1.29 is 0 Å². The predicted molar refractivity (Wildman–Crippen MR) is 66.6 cm³/mol. The third kappa shape index (κ3) is 2.29. The number of aryl methyl sites for hydroxylation is 2. The van der Waals surface area contributed by atoms with Gasteiger partial charge in [0, 0.05) is 11.4 Å². The summed E-state index contributed by atoms with van der Waals surface area (Å²) >= 11 is 0. The normalized spacial score (nSPS) is 13.5. The topological polar surface area (TPSA) is 69.1 Å². The van der Waals surface area contributed by atoms with Gasteiger partial charge in [0.1, 0.15) is 0 Å². The minimum atomic E-state index is -0.0896. The Morgan fingerprint density at radius 1 is 1.29 bits per heavy atom. The number of nitrogens with zero attached hydrogens (tertiary/aromatic N) is 4. The van der Waals surface area contributed by atoms with Crippen molar-refractivity contribution >= 4 is 5.78 Å². The van der Waals surface area contributed by atoms with Crippen molar-refractivity contribution in [2.24, 2.45) is 11.7 Å². The third-order valence-corrected chi connectivity index (χ3v) is 2.77. The van der Waals surface area contributed by atoms with Crippen LogP contribution in [0.2, 0.25) is 0 Å². The molecule has 92 valence electrons. The summed E-state index contributed by atoms with van der Waals surface area (Å²) in [5, 5.41) is 8.27. The van der Waals surface area contributed by atoms with Gasteiger partial charge in [-0.1, -0.05) is 13.8 Å². The van der Waals surface area contributed by atoms with Gasteiger partial charge in [-0.15, -0.1) is 10.2 Å². The second kappa shape index (κ2) is 4.41. The van der Waals surface area contributed by atoms with Crippen molar-refractivity contribution in [2.45, 2.75) is 40.2 Å². The Hall–Kier alpha value is -1.49. The number of aromatic nitrogens is 4. The molecule has 0 bridgehead atoms. The molecule has 1 atom stereocenters. The van der Waals surface area contributed by atoms with Gasteiger partial charge in [-0.25, -0.2) is 4.98 Å². The highest BCUT2D eigenvalue weighted by Gasteiger charge is 2.17. The molecule has 0 saturated carbocycles. The minimum Gasteiger partial charge on any atom is -0.321 e. The molecule has 0 aliphatic carbocycles. The lowest BCUT2D eigenvalue weighted by Gasteiger charge is -2.13. The zero-order valence-corrected chi connectivity index (χ0v) is 10.8. The van der Waals surface area contributed by atoms with Crippen molar-refractivity contribution in [3.05, 3.63) is 23.3 Å². The Balaban J connectivity index is 2.49. The van der Waals surface area contributed by atoms with Gasteiger partial charge in [0.15, 0.2) is 5.82 Å². The van der Waals surface area contributed by atoms with E-state index in [0.29, 0.717) is 11.7 Å². The molecule has 2 aromatic rings. The summed E-state index contributed by atoms with van der Waals surface area (Å²) < 4.78 is 1.94. The molecular weight excluding hydrogens is 214 g/mol. The van der Waals surface area contributed by atoms with Crippen LogP contribution in [-0.2, 0) is 0 Å². The van der Waals surface area contributed by atoms with E-state index in [9.17, 15) is 0 Å².